The van der Waals surface area contributed by atoms with Gasteiger partial charge in [0.05, 0.1) is 11.6 Å². The van der Waals surface area contributed by atoms with E-state index in [1.165, 1.54) is 6.42 Å². The van der Waals surface area contributed by atoms with E-state index in [0.29, 0.717) is 0 Å². The summed E-state index contributed by atoms with van der Waals surface area (Å²) < 4.78 is 6.06. The first kappa shape index (κ1) is 11.5. The quantitative estimate of drug-likeness (QED) is 0.925. The molecular weight excluding hydrogens is 270 g/mol. The van der Waals surface area contributed by atoms with E-state index in [4.69, 9.17) is 4.74 Å². The third-order valence-corrected chi connectivity index (χ3v) is 3.55. The minimum atomic E-state index is 0.121. The summed E-state index contributed by atoms with van der Waals surface area (Å²) in [6.45, 7) is 0. The maximum absolute atomic E-state index is 11.7. The molecule has 1 aliphatic carbocycles. The lowest BCUT2D eigenvalue weighted by Crippen LogP contribution is -2.27. The van der Waals surface area contributed by atoms with Crippen LogP contribution >= 0.6 is 15.9 Å². The van der Waals surface area contributed by atoms with Gasteiger partial charge in [0, 0.05) is 17.7 Å². The third-order valence-electron chi connectivity index (χ3n) is 2.89. The molecule has 0 bridgehead atoms. The van der Waals surface area contributed by atoms with Gasteiger partial charge in [-0.2, -0.15) is 0 Å². The lowest BCUT2D eigenvalue weighted by molar-refractivity contribution is -0.122. The molecule has 0 saturated heterocycles. The fraction of sp³-hybridized carbons (Fsp3) is 0.417. The van der Waals surface area contributed by atoms with Crippen molar-refractivity contribution in [3.63, 3.8) is 0 Å². The monoisotopic (exact) mass is 283 g/mol. The van der Waals surface area contributed by atoms with E-state index in [1.807, 2.05) is 18.2 Å². The molecule has 3 nitrogen and oxygen atoms in total. The van der Waals surface area contributed by atoms with Gasteiger partial charge in [0.15, 0.2) is 0 Å². The number of rotatable bonds is 3. The van der Waals surface area contributed by atoms with E-state index in [1.54, 1.807) is 7.11 Å². The standard InChI is InChI=1S/C12H14BrNO2/c1-16-11-7-9(5-6-10(11)13)14-12(15)8-3-2-4-8/h5-8H,2-4H2,1H3,(H,14,15). The number of carbonyl (C=O) groups is 1. The highest BCUT2D eigenvalue weighted by Crippen LogP contribution is 2.30. The Hall–Kier alpha value is -1.03. The summed E-state index contributed by atoms with van der Waals surface area (Å²) in [5.41, 5.74) is 0.789. The molecule has 1 aromatic rings. The van der Waals surface area contributed by atoms with Gasteiger partial charge in [-0.3, -0.25) is 4.79 Å². The maximum atomic E-state index is 11.7. The maximum Gasteiger partial charge on any atom is 0.227 e. The number of carbonyl (C=O) groups excluding carboxylic acids is 1. The van der Waals surface area contributed by atoms with Crippen LogP contribution in [0.5, 0.6) is 5.75 Å². The highest BCUT2D eigenvalue weighted by atomic mass is 79.9. The molecular formula is C12H14BrNO2. The van der Waals surface area contributed by atoms with E-state index >= 15 is 0 Å². The van der Waals surface area contributed by atoms with Crippen LogP contribution in [0.25, 0.3) is 0 Å². The molecule has 0 unspecified atom stereocenters. The van der Waals surface area contributed by atoms with Crippen molar-refractivity contribution in [1.29, 1.82) is 0 Å². The second-order valence-corrected chi connectivity index (χ2v) is 4.82. The lowest BCUT2D eigenvalue weighted by atomic mass is 9.85. The molecule has 4 heteroatoms. The smallest absolute Gasteiger partial charge is 0.227 e. The Balaban J connectivity index is 2.06. The highest BCUT2D eigenvalue weighted by molar-refractivity contribution is 9.10. The third kappa shape index (κ3) is 2.38. The fourth-order valence-corrected chi connectivity index (χ4v) is 2.06. The fourth-order valence-electron chi connectivity index (χ4n) is 1.65. The Morgan fingerprint density at radius 2 is 2.25 bits per heavy atom. The van der Waals surface area contributed by atoms with Crippen molar-refractivity contribution < 1.29 is 9.53 Å². The number of amides is 1. The highest BCUT2D eigenvalue weighted by Gasteiger charge is 2.25. The molecule has 1 saturated carbocycles. The number of anilines is 1. The molecule has 0 aliphatic heterocycles. The van der Waals surface area contributed by atoms with Crippen LogP contribution in [-0.4, -0.2) is 13.0 Å². The molecule has 86 valence electrons. The van der Waals surface area contributed by atoms with Gasteiger partial charge in [-0.1, -0.05) is 6.42 Å². The molecule has 2 rings (SSSR count). The van der Waals surface area contributed by atoms with Crippen LogP contribution in [0.15, 0.2) is 22.7 Å². The van der Waals surface area contributed by atoms with E-state index in [0.717, 1.165) is 28.8 Å². The zero-order chi connectivity index (χ0) is 11.5. The molecule has 1 fully saturated rings. The largest absolute Gasteiger partial charge is 0.495 e. The van der Waals surface area contributed by atoms with Crippen molar-refractivity contribution >= 4 is 27.5 Å². The van der Waals surface area contributed by atoms with Crippen molar-refractivity contribution in [2.24, 2.45) is 5.92 Å². The predicted octanol–water partition coefficient (Wildman–Crippen LogP) is 3.20. The number of benzene rings is 1. The second-order valence-electron chi connectivity index (χ2n) is 3.97. The Labute approximate surface area is 103 Å². The van der Waals surface area contributed by atoms with Gasteiger partial charge < -0.3 is 10.1 Å². The van der Waals surface area contributed by atoms with Crippen molar-refractivity contribution in [2.75, 3.05) is 12.4 Å². The molecule has 0 radical (unpaired) electrons. The average molecular weight is 284 g/mol. The summed E-state index contributed by atoms with van der Waals surface area (Å²) in [4.78, 5) is 11.7. The topological polar surface area (TPSA) is 38.3 Å². The molecule has 0 aromatic heterocycles. The van der Waals surface area contributed by atoms with Gasteiger partial charge in [-0.25, -0.2) is 0 Å². The number of nitrogens with one attached hydrogen (secondary N) is 1. The number of methoxy groups -OCH3 is 1. The van der Waals surface area contributed by atoms with Crippen LogP contribution in [0.4, 0.5) is 5.69 Å². The van der Waals surface area contributed by atoms with Crippen LogP contribution in [0, 0.1) is 5.92 Å². The molecule has 0 heterocycles. The first-order valence-corrected chi connectivity index (χ1v) is 6.14. The van der Waals surface area contributed by atoms with Crippen LogP contribution in [0.3, 0.4) is 0 Å². The van der Waals surface area contributed by atoms with Gasteiger partial charge >= 0.3 is 0 Å². The van der Waals surface area contributed by atoms with E-state index in [9.17, 15) is 4.79 Å². The predicted molar refractivity (Wildman–Crippen MR) is 66.7 cm³/mol. The van der Waals surface area contributed by atoms with Crippen LogP contribution in [0.1, 0.15) is 19.3 Å². The van der Waals surface area contributed by atoms with Gasteiger partial charge in [0.1, 0.15) is 5.75 Å². The van der Waals surface area contributed by atoms with E-state index in [-0.39, 0.29) is 11.8 Å². The Morgan fingerprint density at radius 3 is 2.81 bits per heavy atom. The summed E-state index contributed by atoms with van der Waals surface area (Å²) in [6, 6.07) is 5.55. The minimum absolute atomic E-state index is 0.121. The van der Waals surface area contributed by atoms with E-state index in [2.05, 4.69) is 21.2 Å². The molecule has 1 aromatic carbocycles. The number of halogens is 1. The zero-order valence-corrected chi connectivity index (χ0v) is 10.7. The van der Waals surface area contributed by atoms with Gasteiger partial charge in [0.2, 0.25) is 5.91 Å². The molecule has 1 amide bonds. The van der Waals surface area contributed by atoms with Gasteiger partial charge in [-0.15, -0.1) is 0 Å². The Kier molecular flexibility index (Phi) is 3.49. The average Bonchev–Trinajstić information content (AvgIpc) is 2.18. The van der Waals surface area contributed by atoms with Crippen molar-refractivity contribution in [3.8, 4) is 5.75 Å². The summed E-state index contributed by atoms with van der Waals surface area (Å²) in [5, 5.41) is 2.91. The summed E-state index contributed by atoms with van der Waals surface area (Å²) in [7, 11) is 1.61. The SMILES string of the molecule is COc1cc(NC(=O)C2CCC2)ccc1Br. The lowest BCUT2D eigenvalue weighted by Gasteiger charge is -2.24. The molecule has 1 N–H and O–H groups in total. The molecule has 16 heavy (non-hydrogen) atoms. The first-order chi connectivity index (χ1) is 7.70. The van der Waals surface area contributed by atoms with Crippen molar-refractivity contribution in [3.05, 3.63) is 22.7 Å². The summed E-state index contributed by atoms with van der Waals surface area (Å²) in [6.07, 6.45) is 3.20. The summed E-state index contributed by atoms with van der Waals surface area (Å²) in [5.74, 6) is 1.05. The Bertz CT molecular complexity index is 402. The molecule has 1 aliphatic rings. The van der Waals surface area contributed by atoms with Gasteiger partial charge in [0.25, 0.3) is 0 Å². The van der Waals surface area contributed by atoms with Crippen molar-refractivity contribution in [2.45, 2.75) is 19.3 Å². The zero-order valence-electron chi connectivity index (χ0n) is 9.13. The van der Waals surface area contributed by atoms with E-state index < -0.39 is 0 Å². The normalized spacial score (nSPS) is 15.4. The molecule has 0 atom stereocenters. The summed E-state index contributed by atoms with van der Waals surface area (Å²) >= 11 is 3.37. The van der Waals surface area contributed by atoms with Crippen LogP contribution < -0.4 is 10.1 Å². The van der Waals surface area contributed by atoms with Gasteiger partial charge in [-0.05, 0) is 40.9 Å². The number of hydrogen-bond donors (Lipinski definition) is 1. The first-order valence-electron chi connectivity index (χ1n) is 5.35. The molecule has 0 spiro atoms. The van der Waals surface area contributed by atoms with Crippen LogP contribution in [-0.2, 0) is 4.79 Å². The van der Waals surface area contributed by atoms with Crippen molar-refractivity contribution in [1.82, 2.24) is 0 Å². The number of ether oxygens (including phenoxy) is 1. The minimum Gasteiger partial charge on any atom is -0.495 e. The Morgan fingerprint density at radius 1 is 1.50 bits per heavy atom. The number of hydrogen-bond acceptors (Lipinski definition) is 2. The van der Waals surface area contributed by atoms with Crippen LogP contribution in [0.2, 0.25) is 0 Å². The second kappa shape index (κ2) is 4.87.